The van der Waals surface area contributed by atoms with E-state index >= 15 is 0 Å². The zero-order valence-corrected chi connectivity index (χ0v) is 25.8. The molecule has 0 amide bonds. The summed E-state index contributed by atoms with van der Waals surface area (Å²) < 4.78 is 15.6. The van der Waals surface area contributed by atoms with Crippen molar-refractivity contribution in [2.75, 3.05) is 0 Å². The molecular weight excluding hydrogens is 515 g/mol. The van der Waals surface area contributed by atoms with Crippen molar-refractivity contribution in [2.24, 2.45) is 5.73 Å². The number of thioether (sulfide) groups is 1. The van der Waals surface area contributed by atoms with Gasteiger partial charge in [0.2, 0.25) is 0 Å². The zero-order valence-electron chi connectivity index (χ0n) is 25.0. The number of halogens is 1. The molecule has 0 saturated heterocycles. The minimum Gasteiger partial charge on any atom is -0.403 e. The Morgan fingerprint density at radius 1 is 0.950 bits per heavy atom. The maximum atomic E-state index is 13.4. The van der Waals surface area contributed by atoms with Gasteiger partial charge in [0.1, 0.15) is 11.6 Å². The molecule has 214 valence electrons. The Hall–Kier alpha value is -3.38. The Morgan fingerprint density at radius 2 is 1.65 bits per heavy atom. The maximum Gasteiger partial charge on any atom is 0.196 e. The minimum absolute atomic E-state index is 0.204. The lowest BCUT2D eigenvalue weighted by molar-refractivity contribution is 0.626. The molecule has 3 rings (SSSR count). The fourth-order valence-corrected chi connectivity index (χ4v) is 4.90. The largest absolute Gasteiger partial charge is 0.403 e. The Morgan fingerprint density at radius 3 is 2.25 bits per heavy atom. The maximum absolute atomic E-state index is 13.4. The van der Waals surface area contributed by atoms with E-state index in [0.29, 0.717) is 5.75 Å². The predicted molar refractivity (Wildman–Crippen MR) is 170 cm³/mol. The monoisotopic (exact) mass is 560 g/mol. The van der Waals surface area contributed by atoms with Crippen molar-refractivity contribution < 1.29 is 4.39 Å². The van der Waals surface area contributed by atoms with Gasteiger partial charge in [-0.05, 0) is 102 Å². The fraction of sp³-hybridized carbons (Fsp3) is 0.353. The quantitative estimate of drug-likeness (QED) is 0.136. The van der Waals surface area contributed by atoms with Crippen molar-refractivity contribution in [1.29, 1.82) is 0 Å². The van der Waals surface area contributed by atoms with Gasteiger partial charge in [0.05, 0.1) is 0 Å². The van der Waals surface area contributed by atoms with Crippen molar-refractivity contribution in [3.63, 3.8) is 0 Å². The van der Waals surface area contributed by atoms with Gasteiger partial charge in [-0.1, -0.05) is 78.4 Å². The van der Waals surface area contributed by atoms with Crippen LogP contribution in [0.5, 0.6) is 0 Å². The van der Waals surface area contributed by atoms with Gasteiger partial charge in [-0.3, -0.25) is 4.57 Å². The second kappa shape index (κ2) is 17.3. The molecule has 6 heteroatoms. The Labute approximate surface area is 245 Å². The molecule has 0 fully saturated rings. The van der Waals surface area contributed by atoms with E-state index in [1.807, 2.05) is 13.0 Å². The van der Waals surface area contributed by atoms with Crippen molar-refractivity contribution in [3.05, 3.63) is 119 Å². The summed E-state index contributed by atoms with van der Waals surface area (Å²) in [5.41, 5.74) is 13.4. The lowest BCUT2D eigenvalue weighted by Crippen LogP contribution is -2.04. The molecule has 3 aromatic rings. The van der Waals surface area contributed by atoms with Crippen LogP contribution in [-0.2, 0) is 12.2 Å². The van der Waals surface area contributed by atoms with E-state index < -0.39 is 0 Å². The second-order valence-electron chi connectivity index (χ2n) is 10.5. The van der Waals surface area contributed by atoms with E-state index in [2.05, 4.69) is 105 Å². The van der Waals surface area contributed by atoms with Crippen LogP contribution >= 0.6 is 11.8 Å². The average molecular weight is 561 g/mol. The smallest absolute Gasteiger partial charge is 0.196 e. The summed E-state index contributed by atoms with van der Waals surface area (Å²) in [7, 11) is 0. The standard InChI is InChI=1S/C24H29FN4S.C10H16/c1-17-8-7-10-22(14-17)29-23(11-6-4-5-9-19(3)26)27-28-24(29)30-16-20-12-13-21(25)15-18(20)2;1-9(2)7-5-6-8-10(3)4/h7-8,10,12-15H,3-6,9,11,16,26H2,1-2H3;5-8H,1-4H3/b;6-5-. The van der Waals surface area contributed by atoms with Gasteiger partial charge in [-0.25, -0.2) is 4.39 Å². The summed E-state index contributed by atoms with van der Waals surface area (Å²) in [6, 6.07) is 13.3. The summed E-state index contributed by atoms with van der Waals surface area (Å²) >= 11 is 1.63. The predicted octanol–water partition coefficient (Wildman–Crippen LogP) is 9.37. The second-order valence-corrected chi connectivity index (χ2v) is 11.5. The number of hydrogen-bond donors (Lipinski definition) is 1. The molecule has 1 aromatic heterocycles. The van der Waals surface area contributed by atoms with Gasteiger partial charge in [0.25, 0.3) is 0 Å². The van der Waals surface area contributed by atoms with E-state index in [1.165, 1.54) is 22.8 Å². The number of aryl methyl sites for hydroxylation is 3. The SMILES string of the molecule is C=C(N)CCCCCc1nnc(SCc2ccc(F)cc2C)n1-c1cccc(C)c1.CC(C)=C/C=C\C=C(C)C. The van der Waals surface area contributed by atoms with Gasteiger partial charge in [0.15, 0.2) is 5.16 Å². The molecule has 0 aliphatic carbocycles. The number of hydrogen-bond acceptors (Lipinski definition) is 4. The summed E-state index contributed by atoms with van der Waals surface area (Å²) in [6.07, 6.45) is 13.2. The molecule has 0 aliphatic heterocycles. The van der Waals surface area contributed by atoms with Crippen LogP contribution in [0.3, 0.4) is 0 Å². The van der Waals surface area contributed by atoms with Crippen LogP contribution in [-0.4, -0.2) is 14.8 Å². The number of allylic oxidation sites excluding steroid dienone is 7. The first kappa shape index (κ1) is 32.8. The number of nitrogens with two attached hydrogens (primary N) is 1. The van der Waals surface area contributed by atoms with Crippen LogP contribution in [0, 0.1) is 19.7 Å². The van der Waals surface area contributed by atoms with E-state index in [4.69, 9.17) is 5.73 Å². The molecule has 1 heterocycles. The van der Waals surface area contributed by atoms with Crippen molar-refractivity contribution in [1.82, 2.24) is 14.8 Å². The number of nitrogens with zero attached hydrogens (tertiary/aromatic N) is 3. The zero-order chi connectivity index (χ0) is 29.5. The van der Waals surface area contributed by atoms with Crippen LogP contribution in [0.15, 0.2) is 95.3 Å². The third-order valence-corrected chi connectivity index (χ3v) is 6.97. The Balaban J connectivity index is 0.000000478. The van der Waals surface area contributed by atoms with Gasteiger partial charge in [-0.2, -0.15) is 0 Å². The highest BCUT2D eigenvalue weighted by Gasteiger charge is 2.15. The first-order valence-corrected chi connectivity index (χ1v) is 14.8. The first-order valence-electron chi connectivity index (χ1n) is 13.8. The molecule has 0 unspecified atom stereocenters. The van der Waals surface area contributed by atoms with Crippen LogP contribution in [0.2, 0.25) is 0 Å². The lowest BCUT2D eigenvalue weighted by Gasteiger charge is -2.12. The highest BCUT2D eigenvalue weighted by molar-refractivity contribution is 7.98. The summed E-state index contributed by atoms with van der Waals surface area (Å²) in [5, 5.41) is 9.83. The van der Waals surface area contributed by atoms with Gasteiger partial charge in [0, 0.05) is 23.6 Å². The molecule has 0 bridgehead atoms. The first-order chi connectivity index (χ1) is 19.1. The molecule has 0 aliphatic rings. The summed E-state index contributed by atoms with van der Waals surface area (Å²) in [4.78, 5) is 0. The highest BCUT2D eigenvalue weighted by atomic mass is 32.2. The van der Waals surface area contributed by atoms with Crippen LogP contribution in [0.25, 0.3) is 5.69 Å². The van der Waals surface area contributed by atoms with Crippen molar-refractivity contribution in [2.45, 2.75) is 84.6 Å². The molecule has 2 aromatic carbocycles. The molecule has 4 nitrogen and oxygen atoms in total. The molecule has 0 spiro atoms. The number of rotatable bonds is 12. The van der Waals surface area contributed by atoms with E-state index in [-0.39, 0.29) is 5.82 Å². The molecule has 0 atom stereocenters. The van der Waals surface area contributed by atoms with Gasteiger partial charge < -0.3 is 5.73 Å². The van der Waals surface area contributed by atoms with E-state index in [0.717, 1.165) is 65.6 Å². The number of benzene rings is 2. The lowest BCUT2D eigenvalue weighted by atomic mass is 10.1. The summed E-state index contributed by atoms with van der Waals surface area (Å²) in [6.45, 7) is 16.1. The Bertz CT molecular complexity index is 1310. The van der Waals surface area contributed by atoms with Crippen molar-refractivity contribution >= 4 is 11.8 Å². The number of unbranched alkanes of at least 4 members (excludes halogenated alkanes) is 2. The van der Waals surface area contributed by atoms with Gasteiger partial charge in [-0.15, -0.1) is 10.2 Å². The third-order valence-electron chi connectivity index (χ3n) is 5.99. The van der Waals surface area contributed by atoms with Crippen LogP contribution < -0.4 is 5.73 Å². The molecule has 0 radical (unpaired) electrons. The molecule has 2 N–H and O–H groups in total. The Kier molecular flexibility index (Phi) is 14.2. The molecular formula is C34H45FN4S. The summed E-state index contributed by atoms with van der Waals surface area (Å²) in [5.74, 6) is 1.48. The average Bonchev–Trinajstić information content (AvgIpc) is 3.28. The number of aromatic nitrogens is 3. The fourth-order valence-electron chi connectivity index (χ4n) is 3.85. The van der Waals surface area contributed by atoms with Crippen LogP contribution in [0.4, 0.5) is 4.39 Å². The third kappa shape index (κ3) is 12.2. The van der Waals surface area contributed by atoms with E-state index in [1.54, 1.807) is 17.8 Å². The topological polar surface area (TPSA) is 56.7 Å². The molecule has 40 heavy (non-hydrogen) atoms. The van der Waals surface area contributed by atoms with E-state index in [9.17, 15) is 4.39 Å². The van der Waals surface area contributed by atoms with Gasteiger partial charge >= 0.3 is 0 Å². The minimum atomic E-state index is -0.204. The normalized spacial score (nSPS) is 10.7. The van der Waals surface area contributed by atoms with Crippen LogP contribution in [0.1, 0.15) is 75.9 Å². The molecule has 0 saturated carbocycles. The highest BCUT2D eigenvalue weighted by Crippen LogP contribution is 2.27. The van der Waals surface area contributed by atoms with Crippen molar-refractivity contribution in [3.8, 4) is 5.69 Å².